The van der Waals surface area contributed by atoms with Gasteiger partial charge in [-0.25, -0.2) is 4.98 Å². The molecule has 0 spiro atoms. The quantitative estimate of drug-likeness (QED) is 0.572. The lowest BCUT2D eigenvalue weighted by Crippen LogP contribution is -2.31. The third kappa shape index (κ3) is 4.61. The van der Waals surface area contributed by atoms with Crippen LogP contribution in [0.3, 0.4) is 0 Å². The minimum absolute atomic E-state index is 0.206. The Bertz CT molecular complexity index is 375. The summed E-state index contributed by atoms with van der Waals surface area (Å²) in [5, 5.41) is 7.31. The Morgan fingerprint density at radius 1 is 1.50 bits per heavy atom. The van der Waals surface area contributed by atoms with E-state index in [-0.39, 0.29) is 5.84 Å². The highest BCUT2D eigenvalue weighted by atomic mass is 16.5. The Morgan fingerprint density at radius 3 is 2.67 bits per heavy atom. The SMILES string of the molecule is COc1ccc(N(CCC(=N)N)CC(C)C)nc1. The van der Waals surface area contributed by atoms with Gasteiger partial charge in [-0.05, 0) is 18.1 Å². The number of methoxy groups -OCH3 is 1. The van der Waals surface area contributed by atoms with Gasteiger partial charge in [-0.1, -0.05) is 13.8 Å². The van der Waals surface area contributed by atoms with E-state index in [9.17, 15) is 0 Å². The molecule has 3 N–H and O–H groups in total. The van der Waals surface area contributed by atoms with E-state index in [2.05, 4.69) is 23.7 Å². The highest BCUT2D eigenvalue weighted by molar-refractivity contribution is 5.77. The Morgan fingerprint density at radius 2 is 2.22 bits per heavy atom. The maximum Gasteiger partial charge on any atom is 0.137 e. The van der Waals surface area contributed by atoms with Crippen molar-refractivity contribution in [2.45, 2.75) is 20.3 Å². The third-order valence-electron chi connectivity index (χ3n) is 2.52. The molecule has 18 heavy (non-hydrogen) atoms. The van der Waals surface area contributed by atoms with Gasteiger partial charge >= 0.3 is 0 Å². The minimum atomic E-state index is 0.206. The normalized spacial score (nSPS) is 10.4. The zero-order valence-electron chi connectivity index (χ0n) is 11.3. The summed E-state index contributed by atoms with van der Waals surface area (Å²) in [6.07, 6.45) is 2.26. The van der Waals surface area contributed by atoms with Crippen LogP contribution in [-0.4, -0.2) is 31.0 Å². The van der Waals surface area contributed by atoms with Crippen molar-refractivity contribution in [1.29, 1.82) is 5.41 Å². The second kappa shape index (κ2) is 6.83. The lowest BCUT2D eigenvalue weighted by Gasteiger charge is -2.25. The molecule has 5 heteroatoms. The number of hydrogen-bond donors (Lipinski definition) is 2. The van der Waals surface area contributed by atoms with Crippen LogP contribution in [0.1, 0.15) is 20.3 Å². The number of rotatable bonds is 7. The molecule has 0 radical (unpaired) electrons. The zero-order valence-corrected chi connectivity index (χ0v) is 11.3. The van der Waals surface area contributed by atoms with Crippen LogP contribution in [0.2, 0.25) is 0 Å². The number of amidine groups is 1. The lowest BCUT2D eigenvalue weighted by atomic mass is 10.2. The van der Waals surface area contributed by atoms with Crippen LogP contribution in [0, 0.1) is 11.3 Å². The number of ether oxygens (including phenoxy) is 1. The third-order valence-corrected chi connectivity index (χ3v) is 2.52. The van der Waals surface area contributed by atoms with E-state index in [1.165, 1.54) is 0 Å². The molecule has 0 atom stereocenters. The maximum absolute atomic E-state index is 7.31. The monoisotopic (exact) mass is 250 g/mol. The van der Waals surface area contributed by atoms with Gasteiger partial charge < -0.3 is 15.4 Å². The van der Waals surface area contributed by atoms with Crippen LogP contribution in [0.4, 0.5) is 5.82 Å². The van der Waals surface area contributed by atoms with E-state index < -0.39 is 0 Å². The Kier molecular flexibility index (Phi) is 5.42. The summed E-state index contributed by atoms with van der Waals surface area (Å²) in [5.74, 6) is 2.37. The largest absolute Gasteiger partial charge is 0.495 e. The molecule has 0 aliphatic rings. The number of aromatic nitrogens is 1. The average Bonchev–Trinajstić information content (AvgIpc) is 2.34. The molecule has 0 aliphatic heterocycles. The summed E-state index contributed by atoms with van der Waals surface area (Å²) in [5.41, 5.74) is 5.41. The number of anilines is 1. The molecule has 0 saturated heterocycles. The van der Waals surface area contributed by atoms with Crippen molar-refractivity contribution in [3.63, 3.8) is 0 Å². The van der Waals surface area contributed by atoms with Crippen molar-refractivity contribution < 1.29 is 4.74 Å². The van der Waals surface area contributed by atoms with Gasteiger partial charge in [-0.2, -0.15) is 0 Å². The first-order chi connectivity index (χ1) is 8.52. The molecule has 1 aromatic heterocycles. The predicted octanol–water partition coefficient (Wildman–Crippen LogP) is 1.88. The van der Waals surface area contributed by atoms with Gasteiger partial charge in [0, 0.05) is 19.5 Å². The van der Waals surface area contributed by atoms with E-state index in [1.807, 2.05) is 12.1 Å². The van der Waals surface area contributed by atoms with Crippen LogP contribution in [0.15, 0.2) is 18.3 Å². The first-order valence-electron chi connectivity index (χ1n) is 6.10. The molecule has 0 aliphatic carbocycles. The van der Waals surface area contributed by atoms with Gasteiger partial charge in [-0.15, -0.1) is 0 Å². The molecule has 1 rings (SSSR count). The minimum Gasteiger partial charge on any atom is -0.495 e. The molecular formula is C13H22N4O. The van der Waals surface area contributed by atoms with Gasteiger partial charge in [0.1, 0.15) is 11.6 Å². The van der Waals surface area contributed by atoms with E-state index in [0.29, 0.717) is 18.9 Å². The fourth-order valence-electron chi connectivity index (χ4n) is 1.68. The zero-order chi connectivity index (χ0) is 13.5. The first kappa shape index (κ1) is 14.3. The van der Waals surface area contributed by atoms with E-state index in [0.717, 1.165) is 18.1 Å². The summed E-state index contributed by atoms with van der Waals surface area (Å²) in [6, 6.07) is 3.82. The molecule has 0 aromatic carbocycles. The van der Waals surface area contributed by atoms with Crippen molar-refractivity contribution in [3.8, 4) is 5.75 Å². The fraction of sp³-hybridized carbons (Fsp3) is 0.538. The summed E-state index contributed by atoms with van der Waals surface area (Å²) >= 11 is 0. The maximum atomic E-state index is 7.31. The van der Waals surface area contributed by atoms with Crippen LogP contribution in [0.5, 0.6) is 5.75 Å². The van der Waals surface area contributed by atoms with Gasteiger partial charge in [0.15, 0.2) is 0 Å². The number of nitrogens with two attached hydrogens (primary N) is 1. The molecule has 0 saturated carbocycles. The average molecular weight is 250 g/mol. The van der Waals surface area contributed by atoms with Crippen molar-refractivity contribution in [1.82, 2.24) is 4.98 Å². The van der Waals surface area contributed by atoms with Gasteiger partial charge in [0.2, 0.25) is 0 Å². The van der Waals surface area contributed by atoms with Crippen molar-refractivity contribution >= 4 is 11.7 Å². The van der Waals surface area contributed by atoms with E-state index >= 15 is 0 Å². The van der Waals surface area contributed by atoms with Gasteiger partial charge in [0.25, 0.3) is 0 Å². The molecule has 1 aromatic rings. The first-order valence-corrected chi connectivity index (χ1v) is 6.10. The highest BCUT2D eigenvalue weighted by Gasteiger charge is 2.10. The van der Waals surface area contributed by atoms with Crippen LogP contribution >= 0.6 is 0 Å². The number of nitrogens with zero attached hydrogens (tertiary/aromatic N) is 2. The molecule has 1 heterocycles. The smallest absolute Gasteiger partial charge is 0.137 e. The molecule has 0 unspecified atom stereocenters. The van der Waals surface area contributed by atoms with E-state index in [4.69, 9.17) is 15.9 Å². The molecule has 0 fully saturated rings. The predicted molar refractivity (Wildman–Crippen MR) is 74.4 cm³/mol. The Hall–Kier alpha value is -1.78. The topological polar surface area (TPSA) is 75.2 Å². The number of pyridine rings is 1. The summed E-state index contributed by atoms with van der Waals surface area (Å²) < 4.78 is 5.09. The molecular weight excluding hydrogens is 228 g/mol. The fourth-order valence-corrected chi connectivity index (χ4v) is 1.68. The van der Waals surface area contributed by atoms with E-state index in [1.54, 1.807) is 13.3 Å². The van der Waals surface area contributed by atoms with Crippen molar-refractivity contribution in [3.05, 3.63) is 18.3 Å². The van der Waals surface area contributed by atoms with Crippen molar-refractivity contribution in [2.24, 2.45) is 11.7 Å². The standard InChI is InChI=1S/C13H22N4O/c1-10(2)9-17(7-6-12(14)15)13-5-4-11(18-3)8-16-13/h4-5,8,10H,6-7,9H2,1-3H3,(H3,14,15). The van der Waals surface area contributed by atoms with Gasteiger partial charge in [0.05, 0.1) is 19.1 Å². The molecule has 0 amide bonds. The molecule has 5 nitrogen and oxygen atoms in total. The Balaban J connectivity index is 2.76. The van der Waals surface area contributed by atoms with Crippen molar-refractivity contribution in [2.75, 3.05) is 25.1 Å². The summed E-state index contributed by atoms with van der Waals surface area (Å²) in [7, 11) is 1.62. The second-order valence-corrected chi connectivity index (χ2v) is 4.67. The van der Waals surface area contributed by atoms with Crippen LogP contribution in [-0.2, 0) is 0 Å². The summed E-state index contributed by atoms with van der Waals surface area (Å²) in [4.78, 5) is 6.51. The van der Waals surface area contributed by atoms with Crippen LogP contribution < -0.4 is 15.4 Å². The highest BCUT2D eigenvalue weighted by Crippen LogP contribution is 2.17. The van der Waals surface area contributed by atoms with Crippen LogP contribution in [0.25, 0.3) is 0 Å². The lowest BCUT2D eigenvalue weighted by molar-refractivity contribution is 0.413. The number of nitrogens with one attached hydrogen (secondary N) is 1. The van der Waals surface area contributed by atoms with Gasteiger partial charge in [-0.3, -0.25) is 5.41 Å². The molecule has 100 valence electrons. The second-order valence-electron chi connectivity index (χ2n) is 4.67. The number of hydrogen-bond acceptors (Lipinski definition) is 4. The summed E-state index contributed by atoms with van der Waals surface area (Å²) in [6.45, 7) is 5.92. The Labute approximate surface area is 108 Å². The molecule has 0 bridgehead atoms.